The Bertz CT molecular complexity index is 755. The fraction of sp³-hybridized carbons (Fsp3) is 0.143. The first-order valence-corrected chi connectivity index (χ1v) is 8.29. The van der Waals surface area contributed by atoms with Crippen molar-refractivity contribution in [2.24, 2.45) is 0 Å². The SMILES string of the molecule is CC(C)(c1ccccc1)c1ccc(-c2cccc(Br)c2)cc1. The summed E-state index contributed by atoms with van der Waals surface area (Å²) in [5.41, 5.74) is 5.16. The lowest BCUT2D eigenvalue weighted by molar-refractivity contribution is 0.641. The summed E-state index contributed by atoms with van der Waals surface area (Å²) in [7, 11) is 0. The standard InChI is InChI=1S/C21H19Br/c1-21(2,18-8-4-3-5-9-18)19-13-11-16(12-14-19)17-7-6-10-20(22)15-17/h3-15H,1-2H3. The van der Waals surface area contributed by atoms with Crippen LogP contribution in [0.4, 0.5) is 0 Å². The van der Waals surface area contributed by atoms with Gasteiger partial charge in [0.15, 0.2) is 0 Å². The molecule has 0 saturated heterocycles. The monoisotopic (exact) mass is 350 g/mol. The maximum Gasteiger partial charge on any atom is 0.0181 e. The molecule has 3 aromatic rings. The molecule has 0 unspecified atom stereocenters. The Morgan fingerprint density at radius 3 is 1.91 bits per heavy atom. The number of rotatable bonds is 3. The van der Waals surface area contributed by atoms with Gasteiger partial charge in [-0.05, 0) is 34.4 Å². The topological polar surface area (TPSA) is 0 Å². The molecular formula is C21H19Br. The fourth-order valence-corrected chi connectivity index (χ4v) is 3.17. The fourth-order valence-electron chi connectivity index (χ4n) is 2.77. The molecule has 0 atom stereocenters. The zero-order valence-corrected chi connectivity index (χ0v) is 14.5. The summed E-state index contributed by atoms with van der Waals surface area (Å²) in [6, 6.07) is 28.0. The Hall–Kier alpha value is -1.86. The lowest BCUT2D eigenvalue weighted by Crippen LogP contribution is -2.18. The second-order valence-corrected chi connectivity index (χ2v) is 6.99. The predicted octanol–water partition coefficient (Wildman–Crippen LogP) is 6.44. The van der Waals surface area contributed by atoms with E-state index in [0.717, 1.165) is 4.47 Å². The molecular weight excluding hydrogens is 332 g/mol. The van der Waals surface area contributed by atoms with Crippen LogP contribution in [0.1, 0.15) is 25.0 Å². The summed E-state index contributed by atoms with van der Waals surface area (Å²) in [5, 5.41) is 0. The number of halogens is 1. The first kappa shape index (κ1) is 15.1. The van der Waals surface area contributed by atoms with Crippen LogP contribution in [0.2, 0.25) is 0 Å². The molecule has 1 heteroatoms. The maximum absolute atomic E-state index is 3.54. The van der Waals surface area contributed by atoms with Gasteiger partial charge in [-0.1, -0.05) is 96.5 Å². The van der Waals surface area contributed by atoms with Crippen LogP contribution in [-0.2, 0) is 5.41 Å². The molecule has 0 radical (unpaired) electrons. The third-order valence-electron chi connectivity index (χ3n) is 4.26. The molecule has 0 aromatic heterocycles. The molecule has 0 heterocycles. The Balaban J connectivity index is 1.95. The Labute approximate surface area is 141 Å². The van der Waals surface area contributed by atoms with Crippen molar-refractivity contribution in [3.05, 3.63) is 94.5 Å². The van der Waals surface area contributed by atoms with Gasteiger partial charge in [-0.15, -0.1) is 0 Å². The third-order valence-corrected chi connectivity index (χ3v) is 4.75. The van der Waals surface area contributed by atoms with Gasteiger partial charge in [-0.2, -0.15) is 0 Å². The highest BCUT2D eigenvalue weighted by molar-refractivity contribution is 9.10. The molecule has 110 valence electrons. The second-order valence-electron chi connectivity index (χ2n) is 6.08. The minimum Gasteiger partial charge on any atom is -0.0622 e. The van der Waals surface area contributed by atoms with Crippen LogP contribution in [0.15, 0.2) is 83.3 Å². The van der Waals surface area contributed by atoms with E-state index in [4.69, 9.17) is 0 Å². The average Bonchev–Trinajstić information content (AvgIpc) is 2.56. The van der Waals surface area contributed by atoms with Crippen molar-refractivity contribution in [2.45, 2.75) is 19.3 Å². The van der Waals surface area contributed by atoms with E-state index in [2.05, 4.69) is 109 Å². The Morgan fingerprint density at radius 1 is 0.636 bits per heavy atom. The zero-order valence-electron chi connectivity index (χ0n) is 12.9. The summed E-state index contributed by atoms with van der Waals surface area (Å²) in [4.78, 5) is 0. The molecule has 22 heavy (non-hydrogen) atoms. The summed E-state index contributed by atoms with van der Waals surface area (Å²) in [6.07, 6.45) is 0. The molecule has 0 fully saturated rings. The third kappa shape index (κ3) is 3.00. The van der Waals surface area contributed by atoms with Crippen molar-refractivity contribution in [2.75, 3.05) is 0 Å². The summed E-state index contributed by atoms with van der Waals surface area (Å²) < 4.78 is 1.11. The molecule has 0 aliphatic carbocycles. The zero-order chi connectivity index (χ0) is 15.6. The number of hydrogen-bond acceptors (Lipinski definition) is 0. The van der Waals surface area contributed by atoms with E-state index in [0.29, 0.717) is 0 Å². The lowest BCUT2D eigenvalue weighted by Gasteiger charge is -2.26. The van der Waals surface area contributed by atoms with Crippen LogP contribution in [0.5, 0.6) is 0 Å². The van der Waals surface area contributed by atoms with Gasteiger partial charge in [-0.25, -0.2) is 0 Å². The van der Waals surface area contributed by atoms with Crippen LogP contribution in [0.3, 0.4) is 0 Å². The maximum atomic E-state index is 3.54. The summed E-state index contributed by atoms with van der Waals surface area (Å²) in [5.74, 6) is 0. The van der Waals surface area contributed by atoms with E-state index in [-0.39, 0.29) is 5.41 Å². The highest BCUT2D eigenvalue weighted by atomic mass is 79.9. The minimum absolute atomic E-state index is 0.0110. The summed E-state index contributed by atoms with van der Waals surface area (Å²) >= 11 is 3.54. The van der Waals surface area contributed by atoms with Crippen LogP contribution >= 0.6 is 15.9 Å². The van der Waals surface area contributed by atoms with Crippen molar-refractivity contribution in [3.63, 3.8) is 0 Å². The van der Waals surface area contributed by atoms with Gasteiger partial charge in [0.05, 0.1) is 0 Å². The molecule has 0 aliphatic heterocycles. The van der Waals surface area contributed by atoms with Gasteiger partial charge >= 0.3 is 0 Å². The molecule has 0 nitrogen and oxygen atoms in total. The van der Waals surface area contributed by atoms with E-state index < -0.39 is 0 Å². The van der Waals surface area contributed by atoms with Crippen LogP contribution < -0.4 is 0 Å². The molecule has 0 spiro atoms. The van der Waals surface area contributed by atoms with Gasteiger partial charge in [-0.3, -0.25) is 0 Å². The Morgan fingerprint density at radius 2 is 1.27 bits per heavy atom. The van der Waals surface area contributed by atoms with E-state index >= 15 is 0 Å². The van der Waals surface area contributed by atoms with Crippen molar-refractivity contribution in [1.82, 2.24) is 0 Å². The first-order valence-electron chi connectivity index (χ1n) is 7.49. The Kier molecular flexibility index (Phi) is 4.17. The second kappa shape index (κ2) is 6.10. The quantitative estimate of drug-likeness (QED) is 0.509. The van der Waals surface area contributed by atoms with Gasteiger partial charge in [0.2, 0.25) is 0 Å². The predicted molar refractivity (Wildman–Crippen MR) is 98.1 cm³/mol. The average molecular weight is 351 g/mol. The van der Waals surface area contributed by atoms with Gasteiger partial charge in [0.25, 0.3) is 0 Å². The number of benzene rings is 3. The van der Waals surface area contributed by atoms with Crippen molar-refractivity contribution >= 4 is 15.9 Å². The van der Waals surface area contributed by atoms with E-state index in [1.807, 2.05) is 0 Å². The van der Waals surface area contributed by atoms with E-state index in [9.17, 15) is 0 Å². The van der Waals surface area contributed by atoms with E-state index in [1.54, 1.807) is 0 Å². The molecule has 0 amide bonds. The van der Waals surface area contributed by atoms with Crippen molar-refractivity contribution in [3.8, 4) is 11.1 Å². The van der Waals surface area contributed by atoms with E-state index in [1.165, 1.54) is 22.3 Å². The van der Waals surface area contributed by atoms with Gasteiger partial charge in [0, 0.05) is 9.89 Å². The summed E-state index contributed by atoms with van der Waals surface area (Å²) in [6.45, 7) is 4.55. The smallest absolute Gasteiger partial charge is 0.0181 e. The highest BCUT2D eigenvalue weighted by Gasteiger charge is 2.22. The largest absolute Gasteiger partial charge is 0.0622 e. The van der Waals surface area contributed by atoms with Crippen LogP contribution in [0, 0.1) is 0 Å². The number of hydrogen-bond donors (Lipinski definition) is 0. The first-order chi connectivity index (χ1) is 10.6. The van der Waals surface area contributed by atoms with Gasteiger partial charge in [0.1, 0.15) is 0 Å². The molecule has 0 saturated carbocycles. The van der Waals surface area contributed by atoms with Gasteiger partial charge < -0.3 is 0 Å². The lowest BCUT2D eigenvalue weighted by atomic mass is 9.78. The highest BCUT2D eigenvalue weighted by Crippen LogP contribution is 2.33. The molecule has 0 bridgehead atoms. The van der Waals surface area contributed by atoms with Crippen molar-refractivity contribution in [1.29, 1.82) is 0 Å². The van der Waals surface area contributed by atoms with Crippen molar-refractivity contribution < 1.29 is 0 Å². The minimum atomic E-state index is 0.0110. The molecule has 0 N–H and O–H groups in total. The molecule has 3 rings (SSSR count). The normalized spacial score (nSPS) is 11.4. The molecule has 3 aromatic carbocycles. The molecule has 0 aliphatic rings. The van der Waals surface area contributed by atoms with Crippen LogP contribution in [0.25, 0.3) is 11.1 Å². The van der Waals surface area contributed by atoms with Crippen LogP contribution in [-0.4, -0.2) is 0 Å².